The fraction of sp³-hybridized carbons (Fsp3) is 0.417. The summed E-state index contributed by atoms with van der Waals surface area (Å²) in [6, 6.07) is 8.88. The topological polar surface area (TPSA) is 89.9 Å². The number of nitrogens with one attached hydrogen (secondary N) is 2. The molecule has 10 heteroatoms. The largest absolute Gasteiger partial charge is 0.367 e. The van der Waals surface area contributed by atoms with E-state index in [1.807, 2.05) is 30.0 Å². The number of anilines is 1. The van der Waals surface area contributed by atoms with Crippen LogP contribution in [0.2, 0.25) is 0 Å². The van der Waals surface area contributed by atoms with Crippen molar-refractivity contribution in [2.75, 3.05) is 45.2 Å². The van der Waals surface area contributed by atoms with E-state index < -0.39 is 12.3 Å². The summed E-state index contributed by atoms with van der Waals surface area (Å²) in [5.74, 6) is -0.706. The lowest BCUT2D eigenvalue weighted by molar-refractivity contribution is -0.114. The van der Waals surface area contributed by atoms with Crippen molar-refractivity contribution >= 4 is 28.9 Å². The molecule has 2 heterocycles. The highest BCUT2D eigenvalue weighted by Crippen LogP contribution is 2.29. The molecule has 1 aliphatic heterocycles. The molecule has 3 rings (SSSR count). The van der Waals surface area contributed by atoms with Gasteiger partial charge in [0.05, 0.1) is 11.4 Å². The van der Waals surface area contributed by atoms with Gasteiger partial charge >= 0.3 is 0 Å². The Morgan fingerprint density at radius 2 is 1.79 bits per heavy atom. The Labute approximate surface area is 198 Å². The van der Waals surface area contributed by atoms with Gasteiger partial charge in [-0.15, -0.1) is 0 Å². The van der Waals surface area contributed by atoms with Crippen molar-refractivity contribution in [3.05, 3.63) is 52.8 Å². The van der Waals surface area contributed by atoms with Crippen LogP contribution >= 0.6 is 0 Å². The van der Waals surface area contributed by atoms with Gasteiger partial charge in [0.2, 0.25) is 0 Å². The minimum absolute atomic E-state index is 0.0195. The zero-order valence-corrected chi connectivity index (χ0v) is 19.9. The first-order valence-corrected chi connectivity index (χ1v) is 11.1. The number of aryl methyl sites for hydroxylation is 1. The Balaban J connectivity index is 1.66. The van der Waals surface area contributed by atoms with E-state index in [0.717, 1.165) is 23.4 Å². The van der Waals surface area contributed by atoms with Crippen LogP contribution in [0, 0.1) is 6.92 Å². The van der Waals surface area contributed by atoms with Crippen molar-refractivity contribution in [2.24, 2.45) is 4.99 Å². The second kappa shape index (κ2) is 11.1. The van der Waals surface area contributed by atoms with E-state index in [4.69, 9.17) is 0 Å². The summed E-state index contributed by atoms with van der Waals surface area (Å²) in [5, 5.41) is 4.97. The lowest BCUT2D eigenvalue weighted by Crippen LogP contribution is -2.46. The zero-order valence-electron chi connectivity index (χ0n) is 19.9. The fourth-order valence-corrected chi connectivity index (χ4v) is 3.89. The number of hydrogen-bond donors (Lipinski definition) is 2. The molecule has 0 radical (unpaired) electrons. The molecule has 1 saturated heterocycles. The molecule has 2 amide bonds. The van der Waals surface area contributed by atoms with Crippen LogP contribution in [0.3, 0.4) is 0 Å². The third-order valence-electron chi connectivity index (χ3n) is 5.85. The summed E-state index contributed by atoms with van der Waals surface area (Å²) in [4.78, 5) is 35.9. The second-order valence-electron chi connectivity index (χ2n) is 8.13. The second-order valence-corrected chi connectivity index (χ2v) is 8.13. The number of aromatic nitrogens is 1. The normalized spacial score (nSPS) is 14.9. The molecule has 2 N–H and O–H groups in total. The van der Waals surface area contributed by atoms with Gasteiger partial charge < -0.3 is 15.5 Å². The van der Waals surface area contributed by atoms with Crippen molar-refractivity contribution in [2.45, 2.75) is 26.8 Å². The number of nitrogens with zero attached hydrogens (tertiary/aromatic N) is 4. The predicted octanol–water partition coefficient (Wildman–Crippen LogP) is 2.85. The number of hydrogen-bond acceptors (Lipinski definition) is 6. The molecule has 1 aromatic carbocycles. The number of piperazine rings is 1. The summed E-state index contributed by atoms with van der Waals surface area (Å²) in [7, 11) is 3.01. The van der Waals surface area contributed by atoms with Crippen molar-refractivity contribution in [3.63, 3.8) is 0 Å². The van der Waals surface area contributed by atoms with Crippen molar-refractivity contribution < 1.29 is 18.4 Å². The lowest BCUT2D eigenvalue weighted by Gasteiger charge is -2.37. The summed E-state index contributed by atoms with van der Waals surface area (Å²) >= 11 is 0. The van der Waals surface area contributed by atoms with E-state index in [0.29, 0.717) is 37.6 Å². The van der Waals surface area contributed by atoms with Crippen LogP contribution in [0.15, 0.2) is 35.3 Å². The molecular weight excluding hydrogens is 442 g/mol. The Bertz CT molecular complexity index is 1080. The minimum Gasteiger partial charge on any atom is -0.367 e. The highest BCUT2D eigenvalue weighted by molar-refractivity contribution is 6.38. The molecule has 0 atom stereocenters. The van der Waals surface area contributed by atoms with Crippen LogP contribution < -0.4 is 15.5 Å². The Morgan fingerprint density at radius 1 is 1.09 bits per heavy atom. The number of halogens is 2. The smallest absolute Gasteiger partial charge is 0.282 e. The number of carbonyl (C=O) groups is 2. The van der Waals surface area contributed by atoms with Gasteiger partial charge in [-0.1, -0.05) is 6.07 Å². The number of alkyl halides is 2. The van der Waals surface area contributed by atoms with Crippen LogP contribution in [0.1, 0.15) is 40.7 Å². The predicted molar refractivity (Wildman–Crippen MR) is 128 cm³/mol. The third kappa shape index (κ3) is 5.93. The molecule has 0 unspecified atom stereocenters. The maximum Gasteiger partial charge on any atom is 0.282 e. The van der Waals surface area contributed by atoms with Gasteiger partial charge in [0.1, 0.15) is 17.1 Å². The van der Waals surface area contributed by atoms with E-state index in [2.05, 4.69) is 25.5 Å². The molecule has 182 valence electrons. The van der Waals surface area contributed by atoms with Gasteiger partial charge in [-0.2, -0.15) is 0 Å². The molecule has 1 fully saturated rings. The SMILES string of the molecule is CNC(=O)C(C)=Nc1ccc(CN2CCN(c3ccc(C(=O)NC)nc3C(F)F)CC2)c(C)c1. The van der Waals surface area contributed by atoms with Crippen LogP contribution in [0.25, 0.3) is 0 Å². The van der Waals surface area contributed by atoms with Gasteiger partial charge in [0.15, 0.2) is 0 Å². The monoisotopic (exact) mass is 472 g/mol. The van der Waals surface area contributed by atoms with E-state index in [9.17, 15) is 18.4 Å². The highest BCUT2D eigenvalue weighted by Gasteiger charge is 2.25. The molecule has 0 spiro atoms. The van der Waals surface area contributed by atoms with Gasteiger partial charge in [-0.25, -0.2) is 18.8 Å². The van der Waals surface area contributed by atoms with E-state index >= 15 is 0 Å². The summed E-state index contributed by atoms with van der Waals surface area (Å²) in [6.07, 6.45) is -2.77. The molecule has 1 aromatic heterocycles. The quantitative estimate of drug-likeness (QED) is 0.605. The molecule has 0 aliphatic carbocycles. The summed E-state index contributed by atoms with van der Waals surface area (Å²) in [6.45, 7) is 6.97. The summed E-state index contributed by atoms with van der Waals surface area (Å²) < 4.78 is 27.3. The van der Waals surface area contributed by atoms with Gasteiger partial charge in [0.25, 0.3) is 18.2 Å². The lowest BCUT2D eigenvalue weighted by atomic mass is 10.1. The number of rotatable bonds is 7. The van der Waals surface area contributed by atoms with E-state index in [-0.39, 0.29) is 17.3 Å². The molecule has 0 bridgehead atoms. The first kappa shape index (κ1) is 25.2. The number of carbonyl (C=O) groups excluding carboxylic acids is 2. The maximum absolute atomic E-state index is 13.7. The van der Waals surface area contributed by atoms with Crippen LogP contribution in [-0.4, -0.2) is 67.7 Å². The Hall–Kier alpha value is -3.40. The van der Waals surface area contributed by atoms with E-state index in [1.165, 1.54) is 13.1 Å². The minimum atomic E-state index is -2.77. The fourth-order valence-electron chi connectivity index (χ4n) is 3.89. The molecule has 34 heavy (non-hydrogen) atoms. The number of pyridine rings is 1. The average Bonchev–Trinajstić information content (AvgIpc) is 2.84. The summed E-state index contributed by atoms with van der Waals surface area (Å²) in [5.41, 5.74) is 3.32. The molecule has 1 aliphatic rings. The van der Waals surface area contributed by atoms with Crippen molar-refractivity contribution in [3.8, 4) is 0 Å². The van der Waals surface area contributed by atoms with Gasteiger partial charge in [-0.3, -0.25) is 14.5 Å². The molecule has 2 aromatic rings. The highest BCUT2D eigenvalue weighted by atomic mass is 19.3. The van der Waals surface area contributed by atoms with Crippen molar-refractivity contribution in [1.82, 2.24) is 20.5 Å². The van der Waals surface area contributed by atoms with Crippen LogP contribution in [0.4, 0.5) is 20.2 Å². The van der Waals surface area contributed by atoms with Gasteiger partial charge in [-0.05, 0) is 49.2 Å². The first-order chi connectivity index (χ1) is 16.2. The third-order valence-corrected chi connectivity index (χ3v) is 5.85. The van der Waals surface area contributed by atoms with E-state index in [1.54, 1.807) is 20.0 Å². The molecule has 0 saturated carbocycles. The average molecular weight is 473 g/mol. The molecule has 8 nitrogen and oxygen atoms in total. The standard InChI is InChI=1S/C24H30F2N6O2/c1-15-13-18(29-16(2)23(33)27-3)6-5-17(15)14-31-9-11-32(12-10-31)20-8-7-19(24(34)28-4)30-21(20)22(25)26/h5-8,13,22H,9-12,14H2,1-4H3,(H,27,33)(H,28,34). The number of benzene rings is 1. The Morgan fingerprint density at radius 3 is 2.38 bits per heavy atom. The number of amides is 2. The Kier molecular flexibility index (Phi) is 8.27. The van der Waals surface area contributed by atoms with Crippen molar-refractivity contribution in [1.29, 1.82) is 0 Å². The first-order valence-electron chi connectivity index (χ1n) is 11.1. The van der Waals surface area contributed by atoms with Gasteiger partial charge in [0, 0.05) is 46.8 Å². The number of aliphatic imine (C=N–C) groups is 1. The zero-order chi connectivity index (χ0) is 24.8. The maximum atomic E-state index is 13.7. The molecular formula is C24H30F2N6O2. The van der Waals surface area contributed by atoms with Crippen LogP contribution in [-0.2, 0) is 11.3 Å². The van der Waals surface area contributed by atoms with Crippen LogP contribution in [0.5, 0.6) is 0 Å².